The van der Waals surface area contributed by atoms with Crippen molar-refractivity contribution in [2.75, 3.05) is 11.4 Å². The van der Waals surface area contributed by atoms with Crippen LogP contribution in [-0.2, 0) is 16.1 Å². The van der Waals surface area contributed by atoms with Crippen LogP contribution in [-0.4, -0.2) is 23.3 Å². The van der Waals surface area contributed by atoms with E-state index < -0.39 is 10.8 Å². The van der Waals surface area contributed by atoms with Crippen LogP contribution in [0.2, 0.25) is 0 Å². The van der Waals surface area contributed by atoms with Gasteiger partial charge in [-0.3, -0.25) is 19.7 Å². The van der Waals surface area contributed by atoms with Crippen LogP contribution in [0, 0.1) is 23.0 Å². The molecule has 0 radical (unpaired) electrons. The average molecular weight is 353 g/mol. The van der Waals surface area contributed by atoms with Gasteiger partial charge in [-0.2, -0.15) is 0 Å². The van der Waals surface area contributed by atoms with Crippen molar-refractivity contribution in [3.05, 3.63) is 69.8 Å². The smallest absolute Gasteiger partial charge is 0.274 e. The van der Waals surface area contributed by atoms with Gasteiger partial charge in [-0.15, -0.1) is 0 Å². The Morgan fingerprint density at radius 2 is 2.00 bits per heavy atom. The van der Waals surface area contributed by atoms with Crippen molar-refractivity contribution in [3.63, 3.8) is 0 Å². The van der Waals surface area contributed by atoms with E-state index in [9.17, 15) is 19.7 Å². The van der Waals surface area contributed by atoms with Crippen molar-refractivity contribution in [1.29, 1.82) is 0 Å². The van der Waals surface area contributed by atoms with Gasteiger partial charge in [-0.1, -0.05) is 36.4 Å². The number of hydrogen-bond donors (Lipinski definition) is 1. The minimum atomic E-state index is -0.469. The van der Waals surface area contributed by atoms with Crippen LogP contribution in [0.15, 0.2) is 48.5 Å². The minimum Gasteiger partial charge on any atom is -0.352 e. The summed E-state index contributed by atoms with van der Waals surface area (Å²) in [5.41, 5.74) is 1.93. The maximum absolute atomic E-state index is 12.4. The van der Waals surface area contributed by atoms with Gasteiger partial charge in [0.1, 0.15) is 0 Å². The second-order valence-corrected chi connectivity index (χ2v) is 6.34. The van der Waals surface area contributed by atoms with Crippen LogP contribution in [0.5, 0.6) is 0 Å². The van der Waals surface area contributed by atoms with Crippen molar-refractivity contribution >= 4 is 23.2 Å². The third-order valence-corrected chi connectivity index (χ3v) is 4.51. The molecule has 7 nitrogen and oxygen atoms in total. The molecule has 7 heteroatoms. The van der Waals surface area contributed by atoms with Crippen molar-refractivity contribution in [1.82, 2.24) is 5.32 Å². The molecule has 0 aliphatic carbocycles. The molecule has 0 bridgehead atoms. The van der Waals surface area contributed by atoms with E-state index in [0.29, 0.717) is 17.8 Å². The zero-order chi connectivity index (χ0) is 18.7. The van der Waals surface area contributed by atoms with Crippen molar-refractivity contribution in [2.45, 2.75) is 19.9 Å². The average Bonchev–Trinajstić information content (AvgIpc) is 3.02. The summed E-state index contributed by atoms with van der Waals surface area (Å²) in [4.78, 5) is 36.8. The third-order valence-electron chi connectivity index (χ3n) is 4.51. The number of aryl methyl sites for hydroxylation is 1. The van der Waals surface area contributed by atoms with E-state index in [1.54, 1.807) is 19.1 Å². The highest BCUT2D eigenvalue weighted by atomic mass is 16.6. The number of carbonyl (C=O) groups is 2. The lowest BCUT2D eigenvalue weighted by molar-refractivity contribution is -0.385. The Balaban J connectivity index is 1.67. The number of nitrogens with zero attached hydrogens (tertiary/aromatic N) is 2. The number of benzene rings is 2. The van der Waals surface area contributed by atoms with E-state index in [1.807, 2.05) is 30.3 Å². The van der Waals surface area contributed by atoms with Crippen molar-refractivity contribution in [3.8, 4) is 0 Å². The van der Waals surface area contributed by atoms with Crippen LogP contribution in [0.25, 0.3) is 0 Å². The molecule has 26 heavy (non-hydrogen) atoms. The van der Waals surface area contributed by atoms with E-state index in [0.717, 1.165) is 5.56 Å². The van der Waals surface area contributed by atoms with Gasteiger partial charge >= 0.3 is 0 Å². The summed E-state index contributed by atoms with van der Waals surface area (Å²) >= 11 is 0. The second-order valence-electron chi connectivity index (χ2n) is 6.34. The van der Waals surface area contributed by atoms with Crippen LogP contribution in [0.3, 0.4) is 0 Å². The molecule has 2 aromatic carbocycles. The highest BCUT2D eigenvalue weighted by Crippen LogP contribution is 2.30. The molecular weight excluding hydrogens is 334 g/mol. The lowest BCUT2D eigenvalue weighted by atomic mass is 10.1. The summed E-state index contributed by atoms with van der Waals surface area (Å²) in [6.45, 7) is 2.27. The normalized spacial score (nSPS) is 16.6. The molecule has 1 heterocycles. The molecular formula is C19H19N3O4. The fraction of sp³-hybridized carbons (Fsp3) is 0.263. The third kappa shape index (κ3) is 3.72. The molecule has 0 saturated carbocycles. The van der Waals surface area contributed by atoms with Gasteiger partial charge in [0, 0.05) is 31.1 Å². The standard InChI is InChI=1S/C19H19N3O4/c1-13-7-8-16(10-17(13)22(25)26)21-12-15(9-18(21)23)19(24)20-11-14-5-3-2-4-6-14/h2-8,10,15H,9,11-12H2,1H3,(H,20,24)/t15-/m0/s1. The molecule has 0 aromatic heterocycles. The SMILES string of the molecule is Cc1ccc(N2C[C@@H](C(=O)NCc3ccccc3)CC2=O)cc1[N+](=O)[O-]. The zero-order valence-corrected chi connectivity index (χ0v) is 14.3. The Labute approximate surface area is 150 Å². The maximum atomic E-state index is 12.4. The summed E-state index contributed by atoms with van der Waals surface area (Å²) in [5.74, 6) is -0.860. The molecule has 0 unspecified atom stereocenters. The first-order chi connectivity index (χ1) is 12.5. The molecule has 3 rings (SSSR count). The van der Waals surface area contributed by atoms with Crippen LogP contribution in [0.1, 0.15) is 17.5 Å². The summed E-state index contributed by atoms with van der Waals surface area (Å²) < 4.78 is 0. The molecule has 1 aliphatic heterocycles. The monoisotopic (exact) mass is 353 g/mol. The highest BCUT2D eigenvalue weighted by Gasteiger charge is 2.35. The fourth-order valence-corrected chi connectivity index (χ4v) is 3.02. The van der Waals surface area contributed by atoms with Gasteiger partial charge in [-0.25, -0.2) is 0 Å². The van der Waals surface area contributed by atoms with Gasteiger partial charge in [-0.05, 0) is 18.6 Å². The lowest BCUT2D eigenvalue weighted by Crippen LogP contribution is -2.32. The molecule has 1 aliphatic rings. The first-order valence-electron chi connectivity index (χ1n) is 8.32. The number of nitro benzene ring substituents is 1. The Morgan fingerprint density at radius 1 is 1.27 bits per heavy atom. The minimum absolute atomic E-state index is 0.0349. The Kier molecular flexibility index (Phi) is 4.97. The van der Waals surface area contributed by atoms with E-state index in [4.69, 9.17) is 0 Å². The number of nitrogens with one attached hydrogen (secondary N) is 1. The molecule has 1 N–H and O–H groups in total. The zero-order valence-electron chi connectivity index (χ0n) is 14.3. The number of rotatable bonds is 5. The van der Waals surface area contributed by atoms with E-state index >= 15 is 0 Å². The summed E-state index contributed by atoms with van der Waals surface area (Å²) in [7, 11) is 0. The van der Waals surface area contributed by atoms with Gasteiger partial charge < -0.3 is 10.2 Å². The second kappa shape index (κ2) is 7.35. The molecule has 2 amide bonds. The van der Waals surface area contributed by atoms with E-state index in [1.165, 1.54) is 11.0 Å². The van der Waals surface area contributed by atoms with Gasteiger partial charge in [0.15, 0.2) is 0 Å². The highest BCUT2D eigenvalue weighted by molar-refractivity contribution is 6.00. The van der Waals surface area contributed by atoms with E-state index in [2.05, 4.69) is 5.32 Å². The molecule has 1 atom stereocenters. The van der Waals surface area contributed by atoms with Crippen molar-refractivity contribution < 1.29 is 14.5 Å². The molecule has 0 spiro atoms. The number of carbonyl (C=O) groups excluding carboxylic acids is 2. The molecule has 1 saturated heterocycles. The summed E-state index contributed by atoms with van der Waals surface area (Å²) in [5, 5.41) is 13.9. The van der Waals surface area contributed by atoms with Gasteiger partial charge in [0.05, 0.1) is 16.5 Å². The number of amides is 2. The van der Waals surface area contributed by atoms with Crippen molar-refractivity contribution in [2.24, 2.45) is 5.92 Å². The lowest BCUT2D eigenvalue weighted by Gasteiger charge is -2.17. The Bertz CT molecular complexity index is 851. The molecule has 2 aromatic rings. The summed E-state index contributed by atoms with van der Waals surface area (Å²) in [6, 6.07) is 14.2. The molecule has 1 fully saturated rings. The van der Waals surface area contributed by atoms with Crippen LogP contribution in [0.4, 0.5) is 11.4 Å². The number of anilines is 1. The first-order valence-corrected chi connectivity index (χ1v) is 8.32. The van der Waals surface area contributed by atoms with Crippen LogP contribution < -0.4 is 10.2 Å². The number of nitro groups is 1. The molecule has 134 valence electrons. The largest absolute Gasteiger partial charge is 0.352 e. The topological polar surface area (TPSA) is 92.6 Å². The van der Waals surface area contributed by atoms with Gasteiger partial charge in [0.25, 0.3) is 5.69 Å². The fourth-order valence-electron chi connectivity index (χ4n) is 3.02. The van der Waals surface area contributed by atoms with Crippen LogP contribution >= 0.6 is 0 Å². The van der Waals surface area contributed by atoms with E-state index in [-0.39, 0.29) is 30.5 Å². The maximum Gasteiger partial charge on any atom is 0.274 e. The first kappa shape index (κ1) is 17.6. The van der Waals surface area contributed by atoms with Gasteiger partial charge in [0.2, 0.25) is 11.8 Å². The predicted molar refractivity (Wildman–Crippen MR) is 96.6 cm³/mol. The predicted octanol–water partition coefficient (Wildman–Crippen LogP) is 2.57. The quantitative estimate of drug-likeness (QED) is 0.660. The Morgan fingerprint density at radius 3 is 2.69 bits per heavy atom. The Hall–Kier alpha value is -3.22. The summed E-state index contributed by atoms with van der Waals surface area (Å²) in [6.07, 6.45) is 0.0995. The number of hydrogen-bond acceptors (Lipinski definition) is 4.